The van der Waals surface area contributed by atoms with E-state index in [4.69, 9.17) is 21.1 Å². The van der Waals surface area contributed by atoms with Crippen molar-refractivity contribution >= 4 is 38.9 Å². The van der Waals surface area contributed by atoms with Crippen LogP contribution in [0.25, 0.3) is 26.3 Å². The summed E-state index contributed by atoms with van der Waals surface area (Å²) in [7, 11) is 1.50. The van der Waals surface area contributed by atoms with Crippen LogP contribution in [0, 0.1) is 0 Å². The molecule has 0 aliphatic rings. The van der Waals surface area contributed by atoms with Gasteiger partial charge in [0.05, 0.1) is 18.3 Å². The van der Waals surface area contributed by atoms with Crippen LogP contribution in [0.3, 0.4) is 0 Å². The second-order valence-corrected chi connectivity index (χ2v) is 8.07. The third-order valence-corrected chi connectivity index (χ3v) is 5.84. The SMILES string of the molecule is COc1cc(-n2cnc3cc(-c4ccc(Cl)cc4)sc3c2=O)ccc1OCC(C)=O. The molecule has 2 aromatic heterocycles. The Bertz CT molecular complexity index is 1290. The van der Waals surface area contributed by atoms with Gasteiger partial charge in [0.25, 0.3) is 5.56 Å². The summed E-state index contributed by atoms with van der Waals surface area (Å²) in [6.07, 6.45) is 1.49. The van der Waals surface area contributed by atoms with Crippen LogP contribution < -0.4 is 15.0 Å². The van der Waals surface area contributed by atoms with Gasteiger partial charge in [0.1, 0.15) is 17.6 Å². The van der Waals surface area contributed by atoms with Crippen LogP contribution >= 0.6 is 22.9 Å². The highest BCUT2D eigenvalue weighted by molar-refractivity contribution is 7.22. The zero-order valence-electron chi connectivity index (χ0n) is 16.2. The average Bonchev–Trinajstić information content (AvgIpc) is 3.18. The lowest BCUT2D eigenvalue weighted by Crippen LogP contribution is -2.17. The van der Waals surface area contributed by atoms with Crippen LogP contribution in [0.15, 0.2) is 59.7 Å². The highest BCUT2D eigenvalue weighted by Crippen LogP contribution is 2.32. The Morgan fingerprint density at radius 2 is 1.90 bits per heavy atom. The third kappa shape index (κ3) is 3.94. The number of carbonyl (C=O) groups excluding carboxylic acids is 1. The third-order valence-electron chi connectivity index (χ3n) is 4.42. The van der Waals surface area contributed by atoms with Crippen molar-refractivity contribution in [1.82, 2.24) is 9.55 Å². The predicted molar refractivity (Wildman–Crippen MR) is 118 cm³/mol. The van der Waals surface area contributed by atoms with Crippen molar-refractivity contribution in [2.24, 2.45) is 0 Å². The highest BCUT2D eigenvalue weighted by atomic mass is 35.5. The Balaban J connectivity index is 1.74. The monoisotopic (exact) mass is 440 g/mol. The number of halogens is 1. The zero-order chi connectivity index (χ0) is 21.3. The normalized spacial score (nSPS) is 10.9. The van der Waals surface area contributed by atoms with Crippen molar-refractivity contribution in [3.8, 4) is 27.6 Å². The van der Waals surface area contributed by atoms with E-state index in [2.05, 4.69) is 4.98 Å². The number of ketones is 1. The molecule has 4 aromatic rings. The lowest BCUT2D eigenvalue weighted by atomic mass is 10.2. The number of methoxy groups -OCH3 is 1. The van der Waals surface area contributed by atoms with Crippen molar-refractivity contribution in [3.05, 3.63) is 70.2 Å². The second kappa shape index (κ2) is 8.30. The summed E-state index contributed by atoms with van der Waals surface area (Å²) < 4.78 is 12.8. The smallest absolute Gasteiger partial charge is 0.275 e. The molecule has 0 saturated heterocycles. The number of aromatic nitrogens is 2. The van der Waals surface area contributed by atoms with E-state index in [9.17, 15) is 9.59 Å². The maximum atomic E-state index is 13.1. The topological polar surface area (TPSA) is 70.4 Å². The molecule has 0 saturated carbocycles. The van der Waals surface area contributed by atoms with E-state index in [0.29, 0.717) is 32.4 Å². The number of fused-ring (bicyclic) bond motifs is 1. The van der Waals surface area contributed by atoms with Crippen LogP contribution in [0.1, 0.15) is 6.92 Å². The Morgan fingerprint density at radius 1 is 1.13 bits per heavy atom. The lowest BCUT2D eigenvalue weighted by molar-refractivity contribution is -0.118. The Morgan fingerprint density at radius 3 is 2.60 bits per heavy atom. The van der Waals surface area contributed by atoms with Gasteiger partial charge in [0.2, 0.25) is 0 Å². The Hall–Kier alpha value is -3.16. The van der Waals surface area contributed by atoms with Gasteiger partial charge < -0.3 is 9.47 Å². The molecule has 2 heterocycles. The summed E-state index contributed by atoms with van der Waals surface area (Å²) in [6.45, 7) is 1.40. The van der Waals surface area contributed by atoms with Gasteiger partial charge in [-0.2, -0.15) is 0 Å². The summed E-state index contributed by atoms with van der Waals surface area (Å²) in [5, 5.41) is 0.657. The minimum absolute atomic E-state index is 0.0498. The van der Waals surface area contributed by atoms with E-state index in [1.807, 2.05) is 30.3 Å². The van der Waals surface area contributed by atoms with Crippen LogP contribution in [0.4, 0.5) is 0 Å². The van der Waals surface area contributed by atoms with Gasteiger partial charge in [-0.15, -0.1) is 11.3 Å². The maximum absolute atomic E-state index is 13.1. The van der Waals surface area contributed by atoms with Crippen LogP contribution in [0.2, 0.25) is 5.02 Å². The van der Waals surface area contributed by atoms with E-state index in [1.165, 1.54) is 36.3 Å². The van der Waals surface area contributed by atoms with Gasteiger partial charge >= 0.3 is 0 Å². The number of nitrogens with zero attached hydrogens (tertiary/aromatic N) is 2. The zero-order valence-corrected chi connectivity index (χ0v) is 17.8. The summed E-state index contributed by atoms with van der Waals surface area (Å²) in [5.41, 5.74) is 2.02. The molecule has 8 heteroatoms. The molecule has 0 N–H and O–H groups in total. The molecule has 0 radical (unpaired) electrons. The number of hydrogen-bond acceptors (Lipinski definition) is 6. The molecule has 0 atom stereocenters. The molecule has 0 fully saturated rings. The summed E-state index contributed by atoms with van der Waals surface area (Å²) in [5.74, 6) is 0.759. The molecule has 30 heavy (non-hydrogen) atoms. The largest absolute Gasteiger partial charge is 0.493 e. The minimum Gasteiger partial charge on any atom is -0.493 e. The van der Waals surface area contributed by atoms with Gasteiger partial charge in [-0.1, -0.05) is 23.7 Å². The summed E-state index contributed by atoms with van der Waals surface area (Å²) in [6, 6.07) is 14.4. The number of rotatable bonds is 6. The molecular formula is C22H17ClN2O4S. The minimum atomic E-state index is -0.176. The first kappa shape index (κ1) is 20.1. The Kier molecular flexibility index (Phi) is 5.57. The standard InChI is InChI=1S/C22H17ClN2O4S/c1-13(26)11-29-18-8-7-16(9-19(18)28-2)25-12-24-17-10-20(30-21(17)22(25)27)14-3-5-15(23)6-4-14/h3-10,12H,11H2,1-2H3. The molecule has 4 rings (SSSR count). The molecule has 0 unspecified atom stereocenters. The Labute approximate surface area is 181 Å². The predicted octanol–water partition coefficient (Wildman–Crippen LogP) is 4.74. The average molecular weight is 441 g/mol. The first-order chi connectivity index (χ1) is 14.5. The van der Waals surface area contributed by atoms with E-state index in [0.717, 1.165) is 10.4 Å². The van der Waals surface area contributed by atoms with Crippen LogP contribution in [-0.4, -0.2) is 29.1 Å². The van der Waals surface area contributed by atoms with E-state index >= 15 is 0 Å². The lowest BCUT2D eigenvalue weighted by Gasteiger charge is -2.12. The van der Waals surface area contributed by atoms with Gasteiger partial charge in [0.15, 0.2) is 17.3 Å². The van der Waals surface area contributed by atoms with Gasteiger partial charge in [-0.3, -0.25) is 14.2 Å². The van der Waals surface area contributed by atoms with E-state index in [-0.39, 0.29) is 17.9 Å². The summed E-state index contributed by atoms with van der Waals surface area (Å²) in [4.78, 5) is 29.7. The van der Waals surface area contributed by atoms with Crippen LogP contribution in [-0.2, 0) is 4.79 Å². The number of benzene rings is 2. The quantitative estimate of drug-likeness (QED) is 0.433. The number of ether oxygens (including phenoxy) is 2. The van der Waals surface area contributed by atoms with Crippen molar-refractivity contribution in [2.45, 2.75) is 6.92 Å². The van der Waals surface area contributed by atoms with Gasteiger partial charge in [-0.25, -0.2) is 4.98 Å². The molecule has 6 nitrogen and oxygen atoms in total. The molecule has 152 valence electrons. The second-order valence-electron chi connectivity index (χ2n) is 6.58. The fourth-order valence-electron chi connectivity index (χ4n) is 2.96. The molecule has 0 aliphatic carbocycles. The molecule has 0 spiro atoms. The van der Waals surface area contributed by atoms with Crippen molar-refractivity contribution in [3.63, 3.8) is 0 Å². The first-order valence-electron chi connectivity index (χ1n) is 9.04. The van der Waals surface area contributed by atoms with Crippen molar-refractivity contribution in [2.75, 3.05) is 13.7 Å². The fraction of sp³-hybridized carbons (Fsp3) is 0.136. The molecule has 0 amide bonds. The van der Waals surface area contributed by atoms with E-state index < -0.39 is 0 Å². The molecule has 0 aliphatic heterocycles. The first-order valence-corrected chi connectivity index (χ1v) is 10.2. The number of Topliss-reactive ketones (excluding diaryl/α,β-unsaturated/α-hetero) is 1. The van der Waals surface area contributed by atoms with Crippen molar-refractivity contribution in [1.29, 1.82) is 0 Å². The van der Waals surface area contributed by atoms with Gasteiger partial charge in [0, 0.05) is 16.0 Å². The molecular weight excluding hydrogens is 424 g/mol. The van der Waals surface area contributed by atoms with Crippen molar-refractivity contribution < 1.29 is 14.3 Å². The summed E-state index contributed by atoms with van der Waals surface area (Å²) >= 11 is 7.35. The number of carbonyl (C=O) groups is 1. The molecule has 2 aromatic carbocycles. The number of hydrogen-bond donors (Lipinski definition) is 0. The highest BCUT2D eigenvalue weighted by Gasteiger charge is 2.14. The fourth-order valence-corrected chi connectivity index (χ4v) is 4.13. The van der Waals surface area contributed by atoms with E-state index in [1.54, 1.807) is 18.2 Å². The van der Waals surface area contributed by atoms with Gasteiger partial charge in [-0.05, 0) is 42.8 Å². The number of thiophene rings is 1. The maximum Gasteiger partial charge on any atom is 0.275 e. The van der Waals surface area contributed by atoms with Crippen LogP contribution in [0.5, 0.6) is 11.5 Å². The molecule has 0 bridgehead atoms.